The Hall–Kier alpha value is -2.76. The molecule has 0 saturated carbocycles. The average Bonchev–Trinajstić information content (AvgIpc) is 2.69. The fraction of sp³-hybridized carbons (Fsp3) is 0.455. The van der Waals surface area contributed by atoms with Gasteiger partial charge in [-0.15, -0.1) is 0 Å². The van der Waals surface area contributed by atoms with E-state index in [0.717, 1.165) is 51.1 Å². The number of carbonyl (C=O) groups excluding carboxylic acids is 2. The van der Waals surface area contributed by atoms with Gasteiger partial charge in [0.25, 0.3) is 11.4 Å². The third kappa shape index (κ3) is 6.44. The standard InChI is InChI=1S/C22H30N2O4/c1-23-13-9-11-21(19(23)17-25)27-15-7-5-3-4-6-8-16-28-22-12-10-14-24(2)20(22)18-26/h9-14,17-18H,3-8,15-16H2,1-2H3/q+2. The normalized spacial score (nSPS) is 10.5. The van der Waals surface area contributed by atoms with Crippen LogP contribution in [0.15, 0.2) is 36.7 Å². The second-order valence-electron chi connectivity index (χ2n) is 6.79. The summed E-state index contributed by atoms with van der Waals surface area (Å²) in [5, 5.41) is 0. The Bertz CT molecular complexity index is 712. The van der Waals surface area contributed by atoms with Gasteiger partial charge in [0, 0.05) is 12.1 Å². The molecule has 0 aliphatic heterocycles. The molecule has 28 heavy (non-hydrogen) atoms. The van der Waals surface area contributed by atoms with Gasteiger partial charge in [-0.1, -0.05) is 25.7 Å². The first-order valence-corrected chi connectivity index (χ1v) is 9.80. The van der Waals surface area contributed by atoms with Crippen molar-refractivity contribution in [3.05, 3.63) is 48.0 Å². The fourth-order valence-electron chi connectivity index (χ4n) is 3.00. The molecule has 0 spiro atoms. The second-order valence-corrected chi connectivity index (χ2v) is 6.79. The number of rotatable bonds is 13. The average molecular weight is 386 g/mol. The Morgan fingerprint density at radius 3 is 1.50 bits per heavy atom. The molecule has 0 aliphatic carbocycles. The van der Waals surface area contributed by atoms with Gasteiger partial charge in [-0.25, -0.2) is 0 Å². The molecule has 2 aromatic rings. The zero-order valence-corrected chi connectivity index (χ0v) is 16.8. The molecule has 0 atom stereocenters. The van der Waals surface area contributed by atoms with Gasteiger partial charge in [0.2, 0.25) is 12.6 Å². The summed E-state index contributed by atoms with van der Waals surface area (Å²) < 4.78 is 15.0. The van der Waals surface area contributed by atoms with Crippen LogP contribution in [0.5, 0.6) is 11.5 Å². The summed E-state index contributed by atoms with van der Waals surface area (Å²) in [7, 11) is 3.66. The molecule has 0 aromatic carbocycles. The summed E-state index contributed by atoms with van der Waals surface area (Å²) in [6.45, 7) is 1.24. The van der Waals surface area contributed by atoms with Crippen molar-refractivity contribution in [2.24, 2.45) is 14.1 Å². The molecule has 150 valence electrons. The van der Waals surface area contributed by atoms with E-state index in [2.05, 4.69) is 0 Å². The van der Waals surface area contributed by atoms with E-state index in [1.54, 1.807) is 9.13 Å². The van der Waals surface area contributed by atoms with Gasteiger partial charge in [-0.2, -0.15) is 9.13 Å². The van der Waals surface area contributed by atoms with Crippen molar-refractivity contribution in [2.75, 3.05) is 13.2 Å². The van der Waals surface area contributed by atoms with Crippen molar-refractivity contribution in [3.63, 3.8) is 0 Å². The Morgan fingerprint density at radius 2 is 1.11 bits per heavy atom. The van der Waals surface area contributed by atoms with E-state index < -0.39 is 0 Å². The summed E-state index contributed by atoms with van der Waals surface area (Å²) in [6.07, 6.45) is 11.7. The molecule has 2 heterocycles. The Kier molecular flexibility index (Phi) is 9.11. The van der Waals surface area contributed by atoms with Crippen molar-refractivity contribution in [1.82, 2.24) is 0 Å². The first kappa shape index (κ1) is 21.5. The molecular formula is C22H30N2O4+2. The van der Waals surface area contributed by atoms with E-state index in [-0.39, 0.29) is 0 Å². The maximum atomic E-state index is 11.1. The lowest BCUT2D eigenvalue weighted by Crippen LogP contribution is -2.33. The number of ether oxygens (including phenoxy) is 2. The third-order valence-electron chi connectivity index (χ3n) is 4.66. The summed E-state index contributed by atoms with van der Waals surface area (Å²) >= 11 is 0. The van der Waals surface area contributed by atoms with Gasteiger partial charge in [-0.05, 0) is 25.0 Å². The number of hydrogen-bond acceptors (Lipinski definition) is 4. The molecule has 0 radical (unpaired) electrons. The Morgan fingerprint density at radius 1 is 0.714 bits per heavy atom. The highest BCUT2D eigenvalue weighted by molar-refractivity contribution is 5.74. The van der Waals surface area contributed by atoms with Crippen LogP contribution in [0.4, 0.5) is 0 Å². The van der Waals surface area contributed by atoms with Gasteiger partial charge in [0.1, 0.15) is 14.1 Å². The second kappa shape index (κ2) is 11.8. The quantitative estimate of drug-likeness (QED) is 0.302. The van der Waals surface area contributed by atoms with Crippen LogP contribution in [0.25, 0.3) is 0 Å². The number of unbranched alkanes of at least 4 members (excludes halogenated alkanes) is 5. The van der Waals surface area contributed by atoms with Gasteiger partial charge in [0.15, 0.2) is 23.9 Å². The predicted octanol–water partition coefficient (Wildman–Crippen LogP) is 2.76. The zero-order valence-electron chi connectivity index (χ0n) is 16.8. The maximum Gasteiger partial charge on any atom is 0.287 e. The van der Waals surface area contributed by atoms with Crippen LogP contribution in [0.3, 0.4) is 0 Å². The number of carbonyl (C=O) groups is 2. The number of aldehydes is 2. The molecule has 2 aromatic heterocycles. The monoisotopic (exact) mass is 386 g/mol. The molecular weight excluding hydrogens is 356 g/mol. The van der Waals surface area contributed by atoms with E-state index in [4.69, 9.17) is 9.47 Å². The van der Waals surface area contributed by atoms with Crippen molar-refractivity contribution in [2.45, 2.75) is 38.5 Å². The summed E-state index contributed by atoms with van der Waals surface area (Å²) in [5.41, 5.74) is 1.12. The molecule has 0 aliphatic rings. The van der Waals surface area contributed by atoms with Gasteiger partial charge in [0.05, 0.1) is 13.2 Å². The molecule has 0 unspecified atom stereocenters. The molecule has 2 rings (SSSR count). The largest absolute Gasteiger partial charge is 0.487 e. The maximum absolute atomic E-state index is 11.1. The van der Waals surface area contributed by atoms with E-state index in [9.17, 15) is 9.59 Å². The van der Waals surface area contributed by atoms with E-state index in [1.165, 1.54) is 0 Å². The van der Waals surface area contributed by atoms with Gasteiger partial charge >= 0.3 is 0 Å². The summed E-state index contributed by atoms with van der Waals surface area (Å²) in [6, 6.07) is 7.40. The highest BCUT2D eigenvalue weighted by atomic mass is 16.5. The minimum absolute atomic E-state index is 0.562. The first-order chi connectivity index (χ1) is 13.7. The van der Waals surface area contributed by atoms with E-state index in [1.807, 2.05) is 50.8 Å². The Balaban J connectivity index is 1.54. The van der Waals surface area contributed by atoms with Crippen LogP contribution < -0.4 is 18.6 Å². The minimum Gasteiger partial charge on any atom is -0.487 e. The zero-order chi connectivity index (χ0) is 20.2. The van der Waals surface area contributed by atoms with E-state index in [0.29, 0.717) is 36.1 Å². The van der Waals surface area contributed by atoms with Gasteiger partial charge < -0.3 is 9.47 Å². The fourth-order valence-corrected chi connectivity index (χ4v) is 3.00. The topological polar surface area (TPSA) is 60.4 Å². The lowest BCUT2D eigenvalue weighted by Gasteiger charge is -2.07. The predicted molar refractivity (Wildman–Crippen MR) is 105 cm³/mol. The molecule has 0 fully saturated rings. The smallest absolute Gasteiger partial charge is 0.287 e. The number of aromatic nitrogens is 2. The van der Waals surface area contributed by atoms with Crippen molar-refractivity contribution < 1.29 is 28.2 Å². The van der Waals surface area contributed by atoms with Crippen molar-refractivity contribution in [1.29, 1.82) is 0 Å². The summed E-state index contributed by atoms with van der Waals surface area (Å²) in [5.74, 6) is 1.28. The van der Waals surface area contributed by atoms with Crippen LogP contribution in [0.1, 0.15) is 59.5 Å². The van der Waals surface area contributed by atoms with Crippen LogP contribution in [0, 0.1) is 0 Å². The van der Waals surface area contributed by atoms with Gasteiger partial charge in [-0.3, -0.25) is 9.59 Å². The Labute approximate surface area is 166 Å². The SMILES string of the molecule is C[n+]1cccc(OCCCCCCCCOc2ccc[n+](C)c2C=O)c1C=O. The van der Waals surface area contributed by atoms with Crippen LogP contribution >= 0.6 is 0 Å². The molecule has 0 N–H and O–H groups in total. The molecule has 0 amide bonds. The molecule has 6 heteroatoms. The lowest BCUT2D eigenvalue weighted by molar-refractivity contribution is -0.673. The third-order valence-corrected chi connectivity index (χ3v) is 4.66. The minimum atomic E-state index is 0.562. The highest BCUT2D eigenvalue weighted by Gasteiger charge is 2.13. The highest BCUT2D eigenvalue weighted by Crippen LogP contribution is 2.14. The number of pyridine rings is 2. The van der Waals surface area contributed by atoms with Crippen LogP contribution in [-0.4, -0.2) is 25.8 Å². The van der Waals surface area contributed by atoms with Crippen molar-refractivity contribution >= 4 is 12.6 Å². The molecule has 0 bridgehead atoms. The van der Waals surface area contributed by atoms with Crippen molar-refractivity contribution in [3.8, 4) is 11.5 Å². The first-order valence-electron chi connectivity index (χ1n) is 9.80. The number of nitrogens with zero attached hydrogens (tertiary/aromatic N) is 2. The van der Waals surface area contributed by atoms with E-state index >= 15 is 0 Å². The van der Waals surface area contributed by atoms with Crippen LogP contribution in [0.2, 0.25) is 0 Å². The lowest BCUT2D eigenvalue weighted by atomic mass is 10.1. The number of aryl methyl sites for hydroxylation is 2. The molecule has 6 nitrogen and oxygen atoms in total. The van der Waals surface area contributed by atoms with Crippen LogP contribution in [-0.2, 0) is 14.1 Å². The number of hydrogen-bond donors (Lipinski definition) is 0. The summed E-state index contributed by atoms with van der Waals surface area (Å²) in [4.78, 5) is 22.2. The molecule has 0 saturated heterocycles.